The van der Waals surface area contributed by atoms with Crippen LogP contribution in [0, 0.1) is 5.92 Å². The van der Waals surface area contributed by atoms with Crippen LogP contribution in [0.25, 0.3) is 22.0 Å². The van der Waals surface area contributed by atoms with E-state index in [4.69, 9.17) is 5.73 Å². The molecule has 1 fully saturated rings. The van der Waals surface area contributed by atoms with Crippen molar-refractivity contribution in [2.45, 2.75) is 12.8 Å². The summed E-state index contributed by atoms with van der Waals surface area (Å²) in [5.74, 6) is 0.689. The van der Waals surface area contributed by atoms with Crippen molar-refractivity contribution in [3.8, 4) is 11.1 Å². The van der Waals surface area contributed by atoms with Gasteiger partial charge in [0.05, 0.1) is 5.52 Å². The van der Waals surface area contributed by atoms with Crippen LogP contribution in [-0.2, 0) is 0 Å². The van der Waals surface area contributed by atoms with Crippen molar-refractivity contribution in [1.82, 2.24) is 4.98 Å². The Morgan fingerprint density at radius 3 is 2.62 bits per heavy atom. The average molecular weight is 317 g/mol. The lowest BCUT2D eigenvalue weighted by Gasteiger charge is -2.33. The number of hydrogen-bond donors (Lipinski definition) is 1. The number of para-hydroxylation sites is 1. The molecule has 2 heterocycles. The molecule has 1 aromatic heterocycles. The van der Waals surface area contributed by atoms with Gasteiger partial charge in [0.25, 0.3) is 0 Å². The van der Waals surface area contributed by atoms with E-state index in [1.54, 1.807) is 0 Å². The van der Waals surface area contributed by atoms with Gasteiger partial charge in [0.2, 0.25) is 0 Å². The maximum Gasteiger partial charge on any atom is 0.0702 e. The summed E-state index contributed by atoms with van der Waals surface area (Å²) < 4.78 is 0. The van der Waals surface area contributed by atoms with Crippen molar-refractivity contribution in [1.29, 1.82) is 0 Å². The predicted molar refractivity (Wildman–Crippen MR) is 101 cm³/mol. The first-order valence-electron chi connectivity index (χ1n) is 8.74. The van der Waals surface area contributed by atoms with Gasteiger partial charge in [0, 0.05) is 35.9 Å². The van der Waals surface area contributed by atoms with Crippen molar-refractivity contribution in [3.63, 3.8) is 0 Å². The summed E-state index contributed by atoms with van der Waals surface area (Å²) >= 11 is 0. The molecule has 0 atom stereocenters. The fourth-order valence-electron chi connectivity index (χ4n) is 3.54. The van der Waals surface area contributed by atoms with Crippen LogP contribution in [-0.4, -0.2) is 24.6 Å². The minimum atomic E-state index is 0.689. The number of nitrogens with two attached hydrogens (primary N) is 1. The molecule has 0 unspecified atom stereocenters. The molecule has 0 saturated carbocycles. The zero-order valence-electron chi connectivity index (χ0n) is 13.9. The van der Waals surface area contributed by atoms with Crippen molar-refractivity contribution < 1.29 is 0 Å². The summed E-state index contributed by atoms with van der Waals surface area (Å²) in [6.07, 6.45) is 4.36. The van der Waals surface area contributed by atoms with E-state index < -0.39 is 0 Å². The van der Waals surface area contributed by atoms with Gasteiger partial charge in [0.1, 0.15) is 0 Å². The quantitative estimate of drug-likeness (QED) is 0.791. The Kier molecular flexibility index (Phi) is 4.18. The molecule has 2 N–H and O–H groups in total. The number of nitrogens with zero attached hydrogens (tertiary/aromatic N) is 2. The molecule has 3 nitrogen and oxygen atoms in total. The van der Waals surface area contributed by atoms with Crippen LogP contribution in [0.4, 0.5) is 5.69 Å². The van der Waals surface area contributed by atoms with Crippen molar-refractivity contribution in [3.05, 3.63) is 60.8 Å². The zero-order chi connectivity index (χ0) is 16.4. The van der Waals surface area contributed by atoms with E-state index in [1.807, 2.05) is 12.3 Å². The number of piperidine rings is 1. The molecular formula is C21H23N3. The summed E-state index contributed by atoms with van der Waals surface area (Å²) in [5, 5.41) is 1.18. The van der Waals surface area contributed by atoms with Gasteiger partial charge in [-0.2, -0.15) is 0 Å². The van der Waals surface area contributed by atoms with E-state index >= 15 is 0 Å². The molecular weight excluding hydrogens is 294 g/mol. The van der Waals surface area contributed by atoms with Gasteiger partial charge in [-0.1, -0.05) is 30.3 Å². The van der Waals surface area contributed by atoms with Gasteiger partial charge in [-0.3, -0.25) is 4.98 Å². The largest absolute Gasteiger partial charge is 0.371 e. The lowest BCUT2D eigenvalue weighted by Crippen LogP contribution is -2.36. The topological polar surface area (TPSA) is 42.1 Å². The number of pyridine rings is 1. The van der Waals surface area contributed by atoms with Gasteiger partial charge in [0.15, 0.2) is 0 Å². The third kappa shape index (κ3) is 3.00. The molecule has 2 aromatic carbocycles. The third-order valence-corrected chi connectivity index (χ3v) is 5.08. The molecule has 122 valence electrons. The number of benzene rings is 2. The van der Waals surface area contributed by atoms with Gasteiger partial charge >= 0.3 is 0 Å². The molecule has 4 rings (SSSR count). The molecule has 24 heavy (non-hydrogen) atoms. The highest BCUT2D eigenvalue weighted by Gasteiger charge is 2.18. The van der Waals surface area contributed by atoms with E-state index in [2.05, 4.69) is 58.4 Å². The monoisotopic (exact) mass is 317 g/mol. The van der Waals surface area contributed by atoms with Crippen LogP contribution in [0.3, 0.4) is 0 Å². The van der Waals surface area contributed by atoms with Crippen molar-refractivity contribution in [2.24, 2.45) is 11.7 Å². The minimum absolute atomic E-state index is 0.689. The Morgan fingerprint density at radius 1 is 0.958 bits per heavy atom. The second kappa shape index (κ2) is 6.62. The summed E-state index contributed by atoms with van der Waals surface area (Å²) in [6.45, 7) is 3.01. The number of hydrogen-bond acceptors (Lipinski definition) is 3. The van der Waals surface area contributed by atoms with Gasteiger partial charge in [-0.05, 0) is 55.1 Å². The molecule has 0 bridgehead atoms. The highest BCUT2D eigenvalue weighted by Crippen LogP contribution is 2.28. The van der Waals surface area contributed by atoms with Crippen LogP contribution in [0.5, 0.6) is 0 Å². The van der Waals surface area contributed by atoms with Crippen molar-refractivity contribution >= 4 is 16.6 Å². The molecule has 0 spiro atoms. The van der Waals surface area contributed by atoms with Gasteiger partial charge in [-0.15, -0.1) is 0 Å². The van der Waals surface area contributed by atoms with Gasteiger partial charge in [-0.25, -0.2) is 0 Å². The molecule has 0 amide bonds. The highest BCUT2D eigenvalue weighted by atomic mass is 15.1. The van der Waals surface area contributed by atoms with E-state index in [0.717, 1.165) is 25.2 Å². The lowest BCUT2D eigenvalue weighted by molar-refractivity contribution is 0.414. The van der Waals surface area contributed by atoms with E-state index in [9.17, 15) is 0 Å². The van der Waals surface area contributed by atoms with Crippen LogP contribution < -0.4 is 10.6 Å². The fraction of sp³-hybridized carbons (Fsp3) is 0.286. The first-order valence-corrected chi connectivity index (χ1v) is 8.74. The SMILES string of the molecule is NCC1CCN(c2cccc(-c3cnc4ccccc4c3)c2)CC1. The Bertz CT molecular complexity index is 835. The number of aromatic nitrogens is 1. The maximum absolute atomic E-state index is 5.81. The Labute approximate surface area is 143 Å². The smallest absolute Gasteiger partial charge is 0.0702 e. The first kappa shape index (κ1) is 15.2. The second-order valence-electron chi connectivity index (χ2n) is 6.63. The Balaban J connectivity index is 1.62. The van der Waals surface area contributed by atoms with Gasteiger partial charge < -0.3 is 10.6 Å². The molecule has 0 radical (unpaired) electrons. The number of fused-ring (bicyclic) bond motifs is 1. The Hall–Kier alpha value is -2.39. The molecule has 3 aromatic rings. The fourth-order valence-corrected chi connectivity index (χ4v) is 3.54. The normalized spacial score (nSPS) is 15.8. The maximum atomic E-state index is 5.81. The summed E-state index contributed by atoms with van der Waals surface area (Å²) in [6, 6.07) is 19.3. The number of anilines is 1. The average Bonchev–Trinajstić information content (AvgIpc) is 2.68. The predicted octanol–water partition coefficient (Wildman–Crippen LogP) is 4.08. The summed E-state index contributed by atoms with van der Waals surface area (Å²) in [4.78, 5) is 7.07. The van der Waals surface area contributed by atoms with Crippen LogP contribution in [0.2, 0.25) is 0 Å². The molecule has 1 aliphatic rings. The third-order valence-electron chi connectivity index (χ3n) is 5.08. The molecule has 0 aliphatic carbocycles. The second-order valence-corrected chi connectivity index (χ2v) is 6.63. The van der Waals surface area contributed by atoms with Crippen LogP contribution >= 0.6 is 0 Å². The van der Waals surface area contributed by atoms with Crippen LogP contribution in [0.1, 0.15) is 12.8 Å². The Morgan fingerprint density at radius 2 is 1.79 bits per heavy atom. The molecule has 1 saturated heterocycles. The number of rotatable bonds is 3. The summed E-state index contributed by atoms with van der Waals surface area (Å²) in [7, 11) is 0. The van der Waals surface area contributed by atoms with Crippen molar-refractivity contribution in [2.75, 3.05) is 24.5 Å². The van der Waals surface area contributed by atoms with E-state index in [0.29, 0.717) is 5.92 Å². The van der Waals surface area contributed by atoms with E-state index in [-0.39, 0.29) is 0 Å². The van der Waals surface area contributed by atoms with E-state index in [1.165, 1.54) is 35.0 Å². The minimum Gasteiger partial charge on any atom is -0.371 e. The summed E-state index contributed by atoms with van der Waals surface area (Å²) in [5.41, 5.74) is 10.6. The first-order chi connectivity index (χ1) is 11.8. The lowest BCUT2D eigenvalue weighted by atomic mass is 9.96. The molecule has 1 aliphatic heterocycles. The molecule has 3 heteroatoms. The highest BCUT2D eigenvalue weighted by molar-refractivity contribution is 5.83. The standard InChI is InChI=1S/C21H23N3/c22-14-16-8-10-24(11-9-16)20-6-3-5-17(13-20)19-12-18-4-1-2-7-21(18)23-15-19/h1-7,12-13,15-16H,8-11,14,22H2. The zero-order valence-corrected chi connectivity index (χ0v) is 13.9. The van der Waals surface area contributed by atoms with Crippen LogP contribution in [0.15, 0.2) is 60.8 Å².